The summed E-state index contributed by atoms with van der Waals surface area (Å²) in [6.45, 7) is 2.75. The minimum absolute atomic E-state index is 0.00601. The average molecular weight is 465 g/mol. The van der Waals surface area contributed by atoms with Crippen molar-refractivity contribution in [3.63, 3.8) is 0 Å². The third-order valence-corrected chi connectivity index (χ3v) is 7.59. The van der Waals surface area contributed by atoms with E-state index in [1.165, 1.54) is 21.9 Å². The molecule has 0 radical (unpaired) electrons. The van der Waals surface area contributed by atoms with E-state index < -0.39 is 22.1 Å². The highest BCUT2D eigenvalue weighted by Gasteiger charge is 2.28. The summed E-state index contributed by atoms with van der Waals surface area (Å²) in [4.78, 5) is 39.2. The van der Waals surface area contributed by atoms with Crippen molar-refractivity contribution >= 4 is 28.0 Å². The van der Waals surface area contributed by atoms with E-state index in [-0.39, 0.29) is 16.8 Å². The minimum Gasteiger partial charge on any atom is -0.337 e. The fourth-order valence-electron chi connectivity index (χ4n) is 4.15. The van der Waals surface area contributed by atoms with Crippen LogP contribution in [0.2, 0.25) is 0 Å². The zero-order chi connectivity index (χ0) is 23.3. The van der Waals surface area contributed by atoms with Crippen molar-refractivity contribution in [2.75, 3.05) is 20.1 Å². The lowest BCUT2D eigenvalue weighted by molar-refractivity contribution is -0.131. The van der Waals surface area contributed by atoms with E-state index in [0.29, 0.717) is 31.8 Å². The minimum atomic E-state index is -3.97. The molecule has 10 heteroatoms. The molecule has 2 N–H and O–H groups in total. The smallest absolute Gasteiger partial charge is 0.331 e. The van der Waals surface area contributed by atoms with Crippen LogP contribution in [0.5, 0.6) is 0 Å². The number of rotatable bonds is 6. The van der Waals surface area contributed by atoms with Crippen LogP contribution in [-0.4, -0.2) is 62.4 Å². The van der Waals surface area contributed by atoms with Gasteiger partial charge in [-0.25, -0.2) is 22.7 Å². The molecular formula is C22H32N4O5S. The number of nitrogens with one attached hydrogen (secondary N) is 2. The molecule has 0 bridgehead atoms. The third-order valence-electron chi connectivity index (χ3n) is 6.25. The molecule has 2 fully saturated rings. The summed E-state index contributed by atoms with van der Waals surface area (Å²) in [7, 11) is -2.34. The van der Waals surface area contributed by atoms with E-state index in [0.717, 1.165) is 37.7 Å². The third kappa shape index (κ3) is 5.99. The Kier molecular flexibility index (Phi) is 7.76. The molecule has 1 unspecified atom stereocenters. The van der Waals surface area contributed by atoms with E-state index in [4.69, 9.17) is 0 Å². The van der Waals surface area contributed by atoms with Crippen LogP contribution in [-0.2, 0) is 21.2 Å². The molecule has 3 rings (SSSR count). The second kappa shape index (κ2) is 10.3. The van der Waals surface area contributed by atoms with E-state index in [1.807, 2.05) is 6.92 Å². The maximum atomic E-state index is 12.6. The van der Waals surface area contributed by atoms with E-state index in [9.17, 15) is 22.8 Å². The summed E-state index contributed by atoms with van der Waals surface area (Å²) >= 11 is 0. The van der Waals surface area contributed by atoms with Gasteiger partial charge < -0.3 is 10.2 Å². The van der Waals surface area contributed by atoms with Crippen LogP contribution in [0.15, 0.2) is 29.2 Å². The van der Waals surface area contributed by atoms with Crippen LogP contribution in [0.1, 0.15) is 51.0 Å². The highest BCUT2D eigenvalue weighted by Crippen LogP contribution is 2.22. The molecule has 9 nitrogen and oxygen atoms in total. The summed E-state index contributed by atoms with van der Waals surface area (Å²) in [5.41, 5.74) is 0.831. The molecule has 0 aromatic heterocycles. The first kappa shape index (κ1) is 24.0. The van der Waals surface area contributed by atoms with Crippen LogP contribution >= 0.6 is 0 Å². The summed E-state index contributed by atoms with van der Waals surface area (Å²) < 4.78 is 27.2. The van der Waals surface area contributed by atoms with Crippen LogP contribution in [0, 0.1) is 5.92 Å². The van der Waals surface area contributed by atoms with Gasteiger partial charge in [0.2, 0.25) is 5.91 Å². The normalized spacial score (nSPS) is 19.6. The number of hydrogen-bond acceptors (Lipinski definition) is 5. The summed E-state index contributed by atoms with van der Waals surface area (Å²) in [6.07, 6.45) is 5.55. The maximum absolute atomic E-state index is 12.6. The molecule has 176 valence electrons. The summed E-state index contributed by atoms with van der Waals surface area (Å²) in [5.74, 6) is 0.144. The van der Waals surface area contributed by atoms with Gasteiger partial charge in [-0.2, -0.15) is 0 Å². The number of imide groups is 1. The number of sulfonamides is 1. The Bertz CT molecular complexity index is 942. The molecule has 1 aliphatic heterocycles. The number of amides is 5. The van der Waals surface area contributed by atoms with Crippen molar-refractivity contribution in [2.24, 2.45) is 5.92 Å². The fourth-order valence-corrected chi connectivity index (χ4v) is 5.13. The number of hydrogen-bond donors (Lipinski definition) is 2. The van der Waals surface area contributed by atoms with Crippen molar-refractivity contribution in [3.05, 3.63) is 29.8 Å². The monoisotopic (exact) mass is 464 g/mol. The van der Waals surface area contributed by atoms with Crippen molar-refractivity contribution in [3.8, 4) is 0 Å². The lowest BCUT2D eigenvalue weighted by atomic mass is 9.99. The number of nitrogens with zero attached hydrogens (tertiary/aromatic N) is 2. The van der Waals surface area contributed by atoms with Gasteiger partial charge in [-0.1, -0.05) is 31.9 Å². The van der Waals surface area contributed by atoms with Crippen molar-refractivity contribution in [1.29, 1.82) is 0 Å². The van der Waals surface area contributed by atoms with Crippen LogP contribution in [0.3, 0.4) is 0 Å². The van der Waals surface area contributed by atoms with Crippen LogP contribution < -0.4 is 10.0 Å². The van der Waals surface area contributed by atoms with Gasteiger partial charge in [0.15, 0.2) is 0 Å². The lowest BCUT2D eigenvalue weighted by Crippen LogP contribution is -2.48. The molecule has 1 atom stereocenters. The molecule has 5 amide bonds. The Morgan fingerprint density at radius 2 is 1.78 bits per heavy atom. The van der Waals surface area contributed by atoms with Gasteiger partial charge >= 0.3 is 12.1 Å². The SMILES string of the molecule is CC1CCN(C(=O)NCCc2ccc(S(=O)(=O)NC(=O)N(C)C3CCCC3)cc2)C(=O)C1. The predicted octanol–water partition coefficient (Wildman–Crippen LogP) is 2.47. The Hall–Kier alpha value is -2.62. The number of likely N-dealkylation sites (tertiary alicyclic amines) is 1. The van der Waals surface area contributed by atoms with Gasteiger partial charge in [0.25, 0.3) is 10.0 Å². The highest BCUT2D eigenvalue weighted by atomic mass is 32.2. The second-order valence-electron chi connectivity index (χ2n) is 8.73. The molecule has 1 aromatic rings. The largest absolute Gasteiger partial charge is 0.337 e. The molecule has 2 aliphatic rings. The molecule has 1 heterocycles. The van der Waals surface area contributed by atoms with E-state index >= 15 is 0 Å². The number of carbonyl (C=O) groups excluding carboxylic acids is 3. The second-order valence-corrected chi connectivity index (χ2v) is 10.4. The van der Waals surface area contributed by atoms with E-state index in [2.05, 4.69) is 10.0 Å². The Morgan fingerprint density at radius 3 is 2.41 bits per heavy atom. The summed E-state index contributed by atoms with van der Waals surface area (Å²) in [5, 5.41) is 2.74. The van der Waals surface area contributed by atoms with Gasteiger partial charge in [-0.3, -0.25) is 9.69 Å². The van der Waals surface area contributed by atoms with Gasteiger partial charge in [-0.15, -0.1) is 0 Å². The van der Waals surface area contributed by atoms with Gasteiger partial charge in [0, 0.05) is 32.6 Å². The Labute approximate surface area is 189 Å². The zero-order valence-electron chi connectivity index (χ0n) is 18.7. The number of urea groups is 2. The first-order chi connectivity index (χ1) is 15.2. The topological polar surface area (TPSA) is 116 Å². The van der Waals surface area contributed by atoms with Gasteiger partial charge in [0.1, 0.15) is 0 Å². The van der Waals surface area contributed by atoms with Crippen molar-refractivity contribution < 1.29 is 22.8 Å². The fraction of sp³-hybridized carbons (Fsp3) is 0.591. The molecule has 0 spiro atoms. The number of benzene rings is 1. The average Bonchev–Trinajstić information content (AvgIpc) is 3.28. The molecule has 1 aromatic carbocycles. The van der Waals surface area contributed by atoms with Gasteiger partial charge in [0.05, 0.1) is 4.90 Å². The molecule has 1 saturated carbocycles. The zero-order valence-corrected chi connectivity index (χ0v) is 19.5. The van der Waals surface area contributed by atoms with Crippen molar-refractivity contribution in [1.82, 2.24) is 19.8 Å². The number of piperidine rings is 1. The standard InChI is InChI=1S/C22H32N4O5S/c1-16-12-14-26(20(27)15-16)21(28)23-13-11-17-7-9-19(10-8-17)32(30,31)24-22(29)25(2)18-5-3-4-6-18/h7-10,16,18H,3-6,11-15H2,1-2H3,(H,23,28)(H,24,29). The molecule has 1 saturated heterocycles. The first-order valence-electron chi connectivity index (χ1n) is 11.1. The molecule has 1 aliphatic carbocycles. The highest BCUT2D eigenvalue weighted by molar-refractivity contribution is 7.90. The Morgan fingerprint density at radius 1 is 1.12 bits per heavy atom. The van der Waals surface area contributed by atoms with Crippen LogP contribution in [0.25, 0.3) is 0 Å². The quantitative estimate of drug-likeness (QED) is 0.671. The van der Waals surface area contributed by atoms with Crippen molar-refractivity contribution in [2.45, 2.75) is 62.8 Å². The predicted molar refractivity (Wildman–Crippen MR) is 119 cm³/mol. The maximum Gasteiger partial charge on any atom is 0.331 e. The molecular weight excluding hydrogens is 432 g/mol. The van der Waals surface area contributed by atoms with E-state index in [1.54, 1.807) is 19.2 Å². The first-order valence-corrected chi connectivity index (χ1v) is 12.6. The molecule has 32 heavy (non-hydrogen) atoms. The summed E-state index contributed by atoms with van der Waals surface area (Å²) in [6, 6.07) is 5.25. The van der Waals surface area contributed by atoms with Crippen LogP contribution in [0.4, 0.5) is 9.59 Å². The number of carbonyl (C=O) groups is 3. The van der Waals surface area contributed by atoms with Gasteiger partial charge in [-0.05, 0) is 49.3 Å². The lowest BCUT2D eigenvalue weighted by Gasteiger charge is -2.28. The Balaban J connectivity index is 1.49.